The Morgan fingerprint density at radius 1 is 1.43 bits per heavy atom. The molecule has 1 aliphatic heterocycles. The molecule has 1 aliphatic rings. The largest absolute Gasteiger partial charge is 0.381 e. The number of hydrogen-bond donors (Lipinski definition) is 1. The van der Waals surface area contributed by atoms with E-state index in [1.807, 2.05) is 4.52 Å². The minimum Gasteiger partial charge on any atom is -0.381 e. The van der Waals surface area contributed by atoms with Crippen LogP contribution in [0.15, 0.2) is 0 Å². The molecule has 3 rings (SSSR count). The summed E-state index contributed by atoms with van der Waals surface area (Å²) in [5.41, 5.74) is 6.20. The molecule has 21 heavy (non-hydrogen) atoms. The summed E-state index contributed by atoms with van der Waals surface area (Å²) in [6, 6.07) is 0. The summed E-state index contributed by atoms with van der Waals surface area (Å²) in [5.74, 6) is 1.52. The maximum atomic E-state index is 5.96. The predicted octanol–water partition coefficient (Wildman–Crippen LogP) is 2.17. The Bertz CT molecular complexity index is 608. The first-order chi connectivity index (χ1) is 9.98. The van der Waals surface area contributed by atoms with Gasteiger partial charge in [0.15, 0.2) is 5.82 Å². The third kappa shape index (κ3) is 3.09. The molecule has 0 amide bonds. The lowest BCUT2D eigenvalue weighted by atomic mass is 9.85. The van der Waals surface area contributed by atoms with Crippen LogP contribution in [0.25, 0.3) is 4.96 Å². The van der Waals surface area contributed by atoms with Gasteiger partial charge in [-0.15, -0.1) is 10.2 Å². The summed E-state index contributed by atoms with van der Waals surface area (Å²) in [6.07, 6.45) is 2.02. The third-order valence-corrected chi connectivity index (χ3v) is 4.88. The van der Waals surface area contributed by atoms with E-state index in [-0.39, 0.29) is 11.3 Å². The van der Waals surface area contributed by atoms with Crippen LogP contribution in [-0.2, 0) is 4.74 Å². The van der Waals surface area contributed by atoms with E-state index in [2.05, 4.69) is 31.0 Å². The van der Waals surface area contributed by atoms with E-state index in [0.717, 1.165) is 41.8 Å². The van der Waals surface area contributed by atoms with E-state index in [0.29, 0.717) is 12.5 Å². The van der Waals surface area contributed by atoms with Crippen molar-refractivity contribution in [3.05, 3.63) is 10.8 Å². The average Bonchev–Trinajstić information content (AvgIpc) is 3.09. The summed E-state index contributed by atoms with van der Waals surface area (Å²) in [7, 11) is 0. The Labute approximate surface area is 128 Å². The Balaban J connectivity index is 1.89. The normalized spacial score (nSPS) is 21.2. The number of fused-ring (bicyclic) bond motifs is 1. The van der Waals surface area contributed by atoms with Gasteiger partial charge in [-0.1, -0.05) is 32.1 Å². The van der Waals surface area contributed by atoms with Crippen molar-refractivity contribution in [1.29, 1.82) is 0 Å². The topological polar surface area (TPSA) is 78.3 Å². The molecule has 0 bridgehead atoms. The van der Waals surface area contributed by atoms with Gasteiger partial charge < -0.3 is 10.5 Å². The summed E-state index contributed by atoms with van der Waals surface area (Å²) >= 11 is 1.61. The molecule has 2 aromatic heterocycles. The lowest BCUT2D eigenvalue weighted by Gasteiger charge is -2.23. The van der Waals surface area contributed by atoms with Crippen LogP contribution in [-0.4, -0.2) is 39.6 Å². The van der Waals surface area contributed by atoms with Crippen molar-refractivity contribution < 1.29 is 4.74 Å². The van der Waals surface area contributed by atoms with Crippen LogP contribution in [0, 0.1) is 5.41 Å². The van der Waals surface area contributed by atoms with Gasteiger partial charge >= 0.3 is 0 Å². The quantitative estimate of drug-likeness (QED) is 0.936. The molecule has 0 aliphatic carbocycles. The summed E-state index contributed by atoms with van der Waals surface area (Å²) in [6.45, 7) is 8.83. The highest BCUT2D eigenvalue weighted by atomic mass is 32.1. The molecule has 0 saturated carbocycles. The Morgan fingerprint density at radius 3 is 2.86 bits per heavy atom. The van der Waals surface area contributed by atoms with Crippen molar-refractivity contribution in [2.75, 3.05) is 19.8 Å². The van der Waals surface area contributed by atoms with Crippen LogP contribution in [0.3, 0.4) is 0 Å². The molecule has 1 saturated heterocycles. The van der Waals surface area contributed by atoms with E-state index in [1.54, 1.807) is 11.3 Å². The highest BCUT2D eigenvalue weighted by Gasteiger charge is 2.27. The van der Waals surface area contributed by atoms with Gasteiger partial charge in [0.1, 0.15) is 5.01 Å². The molecule has 2 atom stereocenters. The summed E-state index contributed by atoms with van der Waals surface area (Å²) in [5, 5.41) is 14.4. The van der Waals surface area contributed by atoms with E-state index in [1.165, 1.54) is 0 Å². The minimum absolute atomic E-state index is 0.234. The van der Waals surface area contributed by atoms with Gasteiger partial charge in [-0.3, -0.25) is 0 Å². The fourth-order valence-corrected chi connectivity index (χ4v) is 3.77. The first kappa shape index (κ1) is 14.9. The van der Waals surface area contributed by atoms with Crippen LogP contribution in [0.2, 0.25) is 0 Å². The lowest BCUT2D eigenvalue weighted by Crippen LogP contribution is -2.19. The second kappa shape index (κ2) is 5.62. The predicted molar refractivity (Wildman–Crippen MR) is 82.7 cm³/mol. The molecule has 116 valence electrons. The van der Waals surface area contributed by atoms with Crippen molar-refractivity contribution in [3.63, 3.8) is 0 Å². The van der Waals surface area contributed by atoms with Gasteiger partial charge in [0.2, 0.25) is 4.96 Å². The Hall–Kier alpha value is -1.05. The monoisotopic (exact) mass is 309 g/mol. The number of rotatable bonds is 4. The van der Waals surface area contributed by atoms with Crippen LogP contribution in [0.4, 0.5) is 0 Å². The zero-order chi connectivity index (χ0) is 15.0. The van der Waals surface area contributed by atoms with E-state index in [4.69, 9.17) is 15.6 Å². The summed E-state index contributed by atoms with van der Waals surface area (Å²) in [4.78, 5) is 0.860. The zero-order valence-corrected chi connectivity index (χ0v) is 13.7. The second-order valence-electron chi connectivity index (χ2n) is 6.95. The van der Waals surface area contributed by atoms with Crippen LogP contribution in [0.5, 0.6) is 0 Å². The van der Waals surface area contributed by atoms with E-state index >= 15 is 0 Å². The van der Waals surface area contributed by atoms with Gasteiger partial charge in [-0.05, 0) is 18.3 Å². The fourth-order valence-electron chi connectivity index (χ4n) is 2.82. The highest BCUT2D eigenvalue weighted by Crippen LogP contribution is 2.33. The third-order valence-electron chi connectivity index (χ3n) is 3.82. The molecule has 7 heteroatoms. The molecular weight excluding hydrogens is 286 g/mol. The van der Waals surface area contributed by atoms with Crippen molar-refractivity contribution in [1.82, 2.24) is 19.8 Å². The molecule has 6 nitrogen and oxygen atoms in total. The smallest absolute Gasteiger partial charge is 0.234 e. The van der Waals surface area contributed by atoms with Crippen molar-refractivity contribution in [3.8, 4) is 0 Å². The second-order valence-corrected chi connectivity index (χ2v) is 7.94. The first-order valence-electron chi connectivity index (χ1n) is 7.48. The summed E-state index contributed by atoms with van der Waals surface area (Å²) < 4.78 is 7.34. The van der Waals surface area contributed by atoms with Gasteiger partial charge in [0, 0.05) is 25.0 Å². The SMILES string of the molecule is CC(C)(C)CC(CN)c1nn2c(C3CCOC3)nnc2s1. The number of nitrogens with two attached hydrogens (primary N) is 1. The fraction of sp³-hybridized carbons (Fsp3) is 0.786. The number of nitrogens with zero attached hydrogens (tertiary/aromatic N) is 4. The average molecular weight is 309 g/mol. The van der Waals surface area contributed by atoms with Gasteiger partial charge in [-0.2, -0.15) is 9.61 Å². The molecule has 2 aromatic rings. The number of hydrogen-bond acceptors (Lipinski definition) is 6. The maximum Gasteiger partial charge on any atom is 0.234 e. The standard InChI is InChI=1S/C14H23N5OS/c1-14(2,3)6-10(7-15)12-18-19-11(9-4-5-20-8-9)16-17-13(19)21-12/h9-10H,4-8,15H2,1-3H3. The van der Waals surface area contributed by atoms with Gasteiger partial charge in [-0.25, -0.2) is 0 Å². The first-order valence-corrected chi connectivity index (χ1v) is 8.29. The van der Waals surface area contributed by atoms with E-state index in [9.17, 15) is 0 Å². The minimum atomic E-state index is 0.234. The Kier molecular flexibility index (Phi) is 3.98. The maximum absolute atomic E-state index is 5.96. The molecule has 2 unspecified atom stereocenters. The van der Waals surface area contributed by atoms with Crippen LogP contribution < -0.4 is 5.73 Å². The van der Waals surface area contributed by atoms with E-state index < -0.39 is 0 Å². The molecule has 0 aromatic carbocycles. The molecule has 2 N–H and O–H groups in total. The van der Waals surface area contributed by atoms with Gasteiger partial charge in [0.05, 0.1) is 6.61 Å². The van der Waals surface area contributed by atoms with Crippen molar-refractivity contribution in [2.24, 2.45) is 11.1 Å². The van der Waals surface area contributed by atoms with Gasteiger partial charge in [0.25, 0.3) is 0 Å². The molecule has 3 heterocycles. The number of aromatic nitrogens is 4. The zero-order valence-electron chi connectivity index (χ0n) is 12.9. The lowest BCUT2D eigenvalue weighted by molar-refractivity contribution is 0.193. The van der Waals surface area contributed by atoms with Crippen LogP contribution in [0.1, 0.15) is 56.3 Å². The van der Waals surface area contributed by atoms with Crippen LogP contribution >= 0.6 is 11.3 Å². The molecule has 1 fully saturated rings. The number of ether oxygens (including phenoxy) is 1. The van der Waals surface area contributed by atoms with Crippen molar-refractivity contribution >= 4 is 16.3 Å². The van der Waals surface area contributed by atoms with Crippen molar-refractivity contribution in [2.45, 2.75) is 45.4 Å². The Morgan fingerprint density at radius 2 is 2.24 bits per heavy atom. The molecule has 0 spiro atoms. The molecule has 0 radical (unpaired) electrons. The molecular formula is C14H23N5OS. The highest BCUT2D eigenvalue weighted by molar-refractivity contribution is 7.16.